The van der Waals surface area contributed by atoms with Crippen molar-refractivity contribution >= 4 is 22.6 Å². The molecule has 0 saturated heterocycles. The van der Waals surface area contributed by atoms with Gasteiger partial charge in [0, 0.05) is 24.8 Å². The molecule has 4 heteroatoms. The maximum atomic E-state index is 5.90. The third-order valence-electron chi connectivity index (χ3n) is 2.77. The van der Waals surface area contributed by atoms with E-state index in [9.17, 15) is 0 Å². The fraction of sp³-hybridized carbons (Fsp3) is 0.600. The van der Waals surface area contributed by atoms with Crippen LogP contribution >= 0.6 is 22.6 Å². The van der Waals surface area contributed by atoms with E-state index in [1.165, 1.54) is 11.1 Å². The number of ether oxygens (including phenoxy) is 3. The maximum absolute atomic E-state index is 5.90. The van der Waals surface area contributed by atoms with Crippen molar-refractivity contribution in [1.82, 2.24) is 0 Å². The van der Waals surface area contributed by atoms with E-state index in [1.807, 2.05) is 0 Å². The van der Waals surface area contributed by atoms with Gasteiger partial charge in [-0.1, -0.05) is 52.4 Å². The molecule has 0 saturated carbocycles. The van der Waals surface area contributed by atoms with Gasteiger partial charge >= 0.3 is 0 Å². The fourth-order valence-corrected chi connectivity index (χ4v) is 2.40. The summed E-state index contributed by atoms with van der Waals surface area (Å²) in [5.41, 5.74) is 2.53. The molecule has 3 nitrogen and oxygen atoms in total. The minimum absolute atomic E-state index is 0.181. The summed E-state index contributed by atoms with van der Waals surface area (Å²) in [7, 11) is 1.68. The Hall–Kier alpha value is -0.170. The van der Waals surface area contributed by atoms with E-state index in [4.69, 9.17) is 14.2 Å². The van der Waals surface area contributed by atoms with E-state index in [-0.39, 0.29) is 6.10 Å². The van der Waals surface area contributed by atoms with Crippen LogP contribution in [0.4, 0.5) is 0 Å². The molecule has 0 N–H and O–H groups in total. The lowest BCUT2D eigenvalue weighted by Crippen LogP contribution is -2.10. The van der Waals surface area contributed by atoms with Crippen LogP contribution in [0.25, 0.3) is 0 Å². The van der Waals surface area contributed by atoms with Crippen molar-refractivity contribution in [2.75, 3.05) is 38.0 Å². The van der Waals surface area contributed by atoms with Crippen LogP contribution in [-0.2, 0) is 14.2 Å². The lowest BCUT2D eigenvalue weighted by Gasteiger charge is -2.16. The molecule has 0 fully saturated rings. The summed E-state index contributed by atoms with van der Waals surface area (Å²) in [5, 5.41) is 0. The highest BCUT2D eigenvalue weighted by atomic mass is 127. The molecule has 1 aromatic carbocycles. The summed E-state index contributed by atoms with van der Waals surface area (Å²) in [6, 6.07) is 8.55. The molecule has 0 aliphatic carbocycles. The molecule has 0 aliphatic heterocycles. The monoisotopic (exact) mass is 378 g/mol. The number of alkyl halides is 1. The Labute approximate surface area is 129 Å². The van der Waals surface area contributed by atoms with Gasteiger partial charge < -0.3 is 14.2 Å². The first-order chi connectivity index (χ1) is 9.27. The highest BCUT2D eigenvalue weighted by molar-refractivity contribution is 14.1. The molecule has 0 aromatic heterocycles. The molecule has 0 radical (unpaired) electrons. The molecule has 0 heterocycles. The van der Waals surface area contributed by atoms with Crippen molar-refractivity contribution in [1.29, 1.82) is 0 Å². The maximum Gasteiger partial charge on any atom is 0.0914 e. The van der Waals surface area contributed by atoms with Crippen molar-refractivity contribution in [3.05, 3.63) is 35.4 Å². The predicted octanol–water partition coefficient (Wildman–Crippen LogP) is 3.54. The number of rotatable bonds is 10. The van der Waals surface area contributed by atoms with Gasteiger partial charge in [-0.2, -0.15) is 0 Å². The first-order valence-corrected chi connectivity index (χ1v) is 8.11. The predicted molar refractivity (Wildman–Crippen MR) is 86.1 cm³/mol. The van der Waals surface area contributed by atoms with Crippen LogP contribution in [0.15, 0.2) is 24.3 Å². The average molecular weight is 378 g/mol. The molecule has 1 unspecified atom stereocenters. The lowest BCUT2D eigenvalue weighted by molar-refractivity contribution is 0.0321. The highest BCUT2D eigenvalue weighted by Crippen LogP contribution is 2.20. The van der Waals surface area contributed by atoms with Crippen LogP contribution in [-0.4, -0.2) is 38.0 Å². The topological polar surface area (TPSA) is 27.7 Å². The van der Waals surface area contributed by atoms with Crippen molar-refractivity contribution < 1.29 is 14.2 Å². The number of halogens is 1. The normalized spacial score (nSPS) is 12.6. The largest absolute Gasteiger partial charge is 0.382 e. The van der Waals surface area contributed by atoms with Crippen LogP contribution in [0, 0.1) is 6.92 Å². The minimum Gasteiger partial charge on any atom is -0.382 e. The first-order valence-electron chi connectivity index (χ1n) is 6.58. The Morgan fingerprint density at radius 3 is 2.42 bits per heavy atom. The van der Waals surface area contributed by atoms with Gasteiger partial charge in [0.2, 0.25) is 0 Å². The van der Waals surface area contributed by atoms with E-state index in [0.29, 0.717) is 13.2 Å². The number of aryl methyl sites for hydroxylation is 1. The molecule has 0 amide bonds. The van der Waals surface area contributed by atoms with Crippen LogP contribution in [0.2, 0.25) is 0 Å². The quantitative estimate of drug-likeness (QED) is 0.354. The second-order valence-electron chi connectivity index (χ2n) is 4.38. The second kappa shape index (κ2) is 10.6. The standard InChI is InChI=1S/C15H23IO3/c1-13-4-6-14(7-5-13)15(12-16)19-9-3-8-18-11-10-17-2/h4-7,15H,3,8-12H2,1-2H3. The van der Waals surface area contributed by atoms with Gasteiger partial charge in [-0.25, -0.2) is 0 Å². The van der Waals surface area contributed by atoms with E-state index in [2.05, 4.69) is 53.8 Å². The van der Waals surface area contributed by atoms with Gasteiger partial charge in [0.05, 0.1) is 19.3 Å². The first kappa shape index (κ1) is 16.9. The van der Waals surface area contributed by atoms with E-state index in [0.717, 1.165) is 24.1 Å². The van der Waals surface area contributed by atoms with E-state index < -0.39 is 0 Å². The Kier molecular flexibility index (Phi) is 9.42. The van der Waals surface area contributed by atoms with Crippen LogP contribution in [0.1, 0.15) is 23.7 Å². The smallest absolute Gasteiger partial charge is 0.0914 e. The van der Waals surface area contributed by atoms with E-state index in [1.54, 1.807) is 7.11 Å². The third-order valence-corrected chi connectivity index (χ3v) is 3.57. The lowest BCUT2D eigenvalue weighted by atomic mass is 10.1. The van der Waals surface area contributed by atoms with Gasteiger partial charge in [0.15, 0.2) is 0 Å². The van der Waals surface area contributed by atoms with Gasteiger partial charge in [-0.05, 0) is 18.9 Å². The van der Waals surface area contributed by atoms with Gasteiger partial charge in [-0.15, -0.1) is 0 Å². The third kappa shape index (κ3) is 7.25. The Morgan fingerprint density at radius 2 is 1.79 bits per heavy atom. The van der Waals surface area contributed by atoms with Crippen molar-refractivity contribution in [3.8, 4) is 0 Å². The summed E-state index contributed by atoms with van der Waals surface area (Å²) < 4.78 is 17.2. The Bertz CT molecular complexity index is 327. The van der Waals surface area contributed by atoms with Crippen molar-refractivity contribution in [2.24, 2.45) is 0 Å². The number of hydrogen-bond donors (Lipinski definition) is 0. The summed E-state index contributed by atoms with van der Waals surface area (Å²) >= 11 is 2.37. The Morgan fingerprint density at radius 1 is 1.05 bits per heavy atom. The van der Waals surface area contributed by atoms with Gasteiger partial charge in [0.1, 0.15) is 0 Å². The second-order valence-corrected chi connectivity index (χ2v) is 5.26. The van der Waals surface area contributed by atoms with Crippen molar-refractivity contribution in [3.63, 3.8) is 0 Å². The fourth-order valence-electron chi connectivity index (χ4n) is 1.64. The molecule has 0 bridgehead atoms. The zero-order chi connectivity index (χ0) is 13.9. The molecule has 1 atom stereocenters. The van der Waals surface area contributed by atoms with Crippen LogP contribution in [0.5, 0.6) is 0 Å². The van der Waals surface area contributed by atoms with E-state index >= 15 is 0 Å². The summed E-state index contributed by atoms with van der Waals surface area (Å²) in [6.45, 7) is 4.87. The van der Waals surface area contributed by atoms with Gasteiger partial charge in [-0.3, -0.25) is 0 Å². The SMILES string of the molecule is COCCOCCCOC(CI)c1ccc(C)cc1. The molecule has 0 spiro atoms. The number of benzene rings is 1. The average Bonchev–Trinajstić information content (AvgIpc) is 2.43. The van der Waals surface area contributed by atoms with Crippen LogP contribution in [0.3, 0.4) is 0 Å². The molecule has 0 aliphatic rings. The summed E-state index contributed by atoms with van der Waals surface area (Å²) in [5.74, 6) is 0. The number of methoxy groups -OCH3 is 1. The zero-order valence-electron chi connectivity index (χ0n) is 11.7. The molecule has 1 aromatic rings. The molecular weight excluding hydrogens is 355 g/mol. The Balaban J connectivity index is 2.20. The van der Waals surface area contributed by atoms with Gasteiger partial charge in [0.25, 0.3) is 0 Å². The minimum atomic E-state index is 0.181. The molecule has 19 heavy (non-hydrogen) atoms. The summed E-state index contributed by atoms with van der Waals surface area (Å²) in [6.07, 6.45) is 1.10. The molecular formula is C15H23IO3. The highest BCUT2D eigenvalue weighted by Gasteiger charge is 2.09. The zero-order valence-corrected chi connectivity index (χ0v) is 13.9. The molecule has 1 rings (SSSR count). The number of hydrogen-bond acceptors (Lipinski definition) is 3. The molecule has 108 valence electrons. The summed E-state index contributed by atoms with van der Waals surface area (Å²) in [4.78, 5) is 0. The van der Waals surface area contributed by atoms with Crippen LogP contribution < -0.4 is 0 Å². The van der Waals surface area contributed by atoms with Crippen molar-refractivity contribution in [2.45, 2.75) is 19.4 Å².